The zero-order valence-corrected chi connectivity index (χ0v) is 30.1. The maximum Gasteiger partial charge on any atom is 0.165 e. The van der Waals surface area contributed by atoms with Crippen LogP contribution >= 0.6 is 11.3 Å². The van der Waals surface area contributed by atoms with Gasteiger partial charge in [-0.15, -0.1) is 11.3 Å². The zero-order chi connectivity index (χ0) is 36.0. The summed E-state index contributed by atoms with van der Waals surface area (Å²) < 4.78 is 11.7. The van der Waals surface area contributed by atoms with Crippen molar-refractivity contribution >= 4 is 86.0 Å². The van der Waals surface area contributed by atoms with Gasteiger partial charge in [-0.05, 0) is 35.7 Å². The maximum atomic E-state index is 6.91. The fourth-order valence-electron chi connectivity index (χ4n) is 8.43. The van der Waals surface area contributed by atoms with E-state index in [1.807, 2.05) is 30.3 Å². The number of furan rings is 1. The molecule has 12 aromatic rings. The number of aromatic nitrogens is 4. The third-order valence-corrected chi connectivity index (χ3v) is 12.1. The normalized spacial score (nSPS) is 12.0. The minimum absolute atomic E-state index is 0.600. The van der Waals surface area contributed by atoms with Crippen LogP contribution < -0.4 is 0 Å². The standard InChI is InChI=1S/C49H28N4OS/c1-2-14-30(15-3-1)47-50-48(52-49(51-47)38-22-10-19-35-33-18-7-9-26-42(33)55-46(35)38)37-21-12-25-41-43(37)36-20-11-24-40(45(36)54-41)53-39-23-8-6-17-32(39)34-28-27-29-13-4-5-16-31(29)44(34)53/h1-28H. The SMILES string of the molecule is c1ccc(-c2nc(-c3cccc4c3sc3ccccc34)nc(-c3cccc4oc5c(-n6c7ccccc7c7ccc8ccccc8c76)cccc5c34)n2)cc1. The Hall–Kier alpha value is -7.15. The molecule has 0 radical (unpaired) electrons. The van der Waals surface area contributed by atoms with Gasteiger partial charge in [-0.3, -0.25) is 0 Å². The third kappa shape index (κ3) is 4.49. The van der Waals surface area contributed by atoms with Gasteiger partial charge in [0.1, 0.15) is 5.58 Å². The zero-order valence-electron chi connectivity index (χ0n) is 29.3. The molecule has 5 nitrogen and oxygen atoms in total. The highest BCUT2D eigenvalue weighted by Gasteiger charge is 2.23. The van der Waals surface area contributed by atoms with E-state index in [1.54, 1.807) is 11.3 Å². The Bertz CT molecular complexity index is 3500. The average molecular weight is 721 g/mol. The van der Waals surface area contributed by atoms with Gasteiger partial charge in [-0.25, -0.2) is 15.0 Å². The maximum absolute atomic E-state index is 6.91. The predicted octanol–water partition coefficient (Wildman–Crippen LogP) is 13.4. The number of fused-ring (bicyclic) bond motifs is 11. The Morgan fingerprint density at radius 3 is 2.04 bits per heavy atom. The van der Waals surface area contributed by atoms with E-state index in [-0.39, 0.29) is 0 Å². The van der Waals surface area contributed by atoms with Crippen LogP contribution in [0.25, 0.3) is 115 Å². The molecule has 0 aliphatic carbocycles. The molecule has 55 heavy (non-hydrogen) atoms. The van der Waals surface area contributed by atoms with E-state index in [0.717, 1.165) is 60.0 Å². The van der Waals surface area contributed by atoms with E-state index < -0.39 is 0 Å². The molecule has 0 saturated carbocycles. The highest BCUT2D eigenvalue weighted by Crippen LogP contribution is 2.44. The molecule has 0 aliphatic rings. The number of benzene rings is 8. The van der Waals surface area contributed by atoms with Gasteiger partial charge in [0, 0.05) is 63.8 Å². The van der Waals surface area contributed by atoms with E-state index in [0.29, 0.717) is 17.5 Å². The summed E-state index contributed by atoms with van der Waals surface area (Å²) in [6.45, 7) is 0. The van der Waals surface area contributed by atoms with E-state index in [2.05, 4.69) is 144 Å². The minimum atomic E-state index is 0.600. The molecule has 4 heterocycles. The summed E-state index contributed by atoms with van der Waals surface area (Å²) in [4.78, 5) is 15.6. The van der Waals surface area contributed by atoms with Crippen LogP contribution in [-0.2, 0) is 0 Å². The van der Waals surface area contributed by atoms with Crippen LogP contribution in [0.4, 0.5) is 0 Å². The summed E-state index contributed by atoms with van der Waals surface area (Å²) in [5.74, 6) is 1.87. The van der Waals surface area contributed by atoms with Gasteiger partial charge in [0.15, 0.2) is 23.1 Å². The van der Waals surface area contributed by atoms with Crippen LogP contribution in [0, 0.1) is 0 Å². The number of hydrogen-bond donors (Lipinski definition) is 0. The van der Waals surface area contributed by atoms with Gasteiger partial charge in [-0.1, -0.05) is 140 Å². The average Bonchev–Trinajstić information content (AvgIpc) is 3.94. The van der Waals surface area contributed by atoms with E-state index in [4.69, 9.17) is 19.4 Å². The van der Waals surface area contributed by atoms with Crippen LogP contribution in [-0.4, -0.2) is 19.5 Å². The molecule has 0 fully saturated rings. The Morgan fingerprint density at radius 1 is 0.455 bits per heavy atom. The largest absolute Gasteiger partial charge is 0.454 e. The van der Waals surface area contributed by atoms with Gasteiger partial charge < -0.3 is 8.98 Å². The first kappa shape index (κ1) is 30.3. The van der Waals surface area contributed by atoms with Gasteiger partial charge >= 0.3 is 0 Å². The quantitative estimate of drug-likeness (QED) is 0.182. The fourth-order valence-corrected chi connectivity index (χ4v) is 9.64. The molecule has 0 N–H and O–H groups in total. The van der Waals surface area contributed by atoms with Crippen molar-refractivity contribution in [3.63, 3.8) is 0 Å². The second kappa shape index (κ2) is 11.7. The van der Waals surface area contributed by atoms with Gasteiger partial charge in [-0.2, -0.15) is 0 Å². The van der Waals surface area contributed by atoms with Crippen molar-refractivity contribution in [1.82, 2.24) is 19.5 Å². The number of nitrogens with zero attached hydrogens (tertiary/aromatic N) is 4. The molecule has 256 valence electrons. The van der Waals surface area contributed by atoms with Crippen molar-refractivity contribution in [3.05, 3.63) is 170 Å². The lowest BCUT2D eigenvalue weighted by Crippen LogP contribution is -2.00. The summed E-state index contributed by atoms with van der Waals surface area (Å²) in [6.07, 6.45) is 0. The van der Waals surface area contributed by atoms with Gasteiger partial charge in [0.2, 0.25) is 0 Å². The molecular weight excluding hydrogens is 693 g/mol. The van der Waals surface area contributed by atoms with E-state index in [9.17, 15) is 0 Å². The number of rotatable bonds is 4. The number of thiophene rings is 1. The first-order valence-corrected chi connectivity index (χ1v) is 19.2. The lowest BCUT2D eigenvalue weighted by Gasteiger charge is -2.11. The second-order valence-corrected chi connectivity index (χ2v) is 15.0. The molecular formula is C49H28N4OS. The first-order valence-electron chi connectivity index (χ1n) is 18.4. The highest BCUT2D eigenvalue weighted by atomic mass is 32.1. The van der Waals surface area contributed by atoms with E-state index >= 15 is 0 Å². The molecule has 0 saturated heterocycles. The minimum Gasteiger partial charge on any atom is -0.454 e. The molecule has 4 aromatic heterocycles. The molecule has 0 bridgehead atoms. The topological polar surface area (TPSA) is 56.7 Å². The van der Waals surface area contributed by atoms with Crippen molar-refractivity contribution in [1.29, 1.82) is 0 Å². The molecule has 8 aromatic carbocycles. The summed E-state index contributed by atoms with van der Waals surface area (Å²) in [5, 5.41) is 9.23. The monoisotopic (exact) mass is 720 g/mol. The number of para-hydroxylation sites is 2. The van der Waals surface area contributed by atoms with E-state index in [1.165, 1.54) is 37.0 Å². The van der Waals surface area contributed by atoms with Gasteiger partial charge in [0.05, 0.1) is 16.7 Å². The molecule has 6 heteroatoms. The van der Waals surface area contributed by atoms with Crippen molar-refractivity contribution in [2.75, 3.05) is 0 Å². The summed E-state index contributed by atoms with van der Waals surface area (Å²) in [6, 6.07) is 59.5. The molecule has 0 spiro atoms. The lowest BCUT2D eigenvalue weighted by atomic mass is 10.0. The molecule has 0 unspecified atom stereocenters. The summed E-state index contributed by atoms with van der Waals surface area (Å²) in [5.41, 5.74) is 7.69. The molecule has 12 rings (SSSR count). The van der Waals surface area contributed by atoms with Crippen molar-refractivity contribution < 1.29 is 4.42 Å². The van der Waals surface area contributed by atoms with Crippen molar-refractivity contribution in [2.45, 2.75) is 0 Å². The summed E-state index contributed by atoms with van der Waals surface area (Å²) >= 11 is 1.78. The number of hydrogen-bond acceptors (Lipinski definition) is 5. The van der Waals surface area contributed by atoms with Crippen LogP contribution in [0.15, 0.2) is 174 Å². The van der Waals surface area contributed by atoms with Crippen LogP contribution in [0.3, 0.4) is 0 Å². The highest BCUT2D eigenvalue weighted by molar-refractivity contribution is 7.26. The van der Waals surface area contributed by atoms with Gasteiger partial charge in [0.25, 0.3) is 0 Å². The Morgan fingerprint density at radius 2 is 1.13 bits per heavy atom. The molecule has 0 aliphatic heterocycles. The molecule has 0 atom stereocenters. The van der Waals surface area contributed by atoms with Crippen LogP contribution in [0.5, 0.6) is 0 Å². The van der Waals surface area contributed by atoms with Crippen LogP contribution in [0.2, 0.25) is 0 Å². The first-order chi connectivity index (χ1) is 27.3. The van der Waals surface area contributed by atoms with Crippen molar-refractivity contribution in [2.24, 2.45) is 0 Å². The molecule has 0 amide bonds. The summed E-state index contributed by atoms with van der Waals surface area (Å²) in [7, 11) is 0. The Labute approximate surface area is 318 Å². The Balaban J connectivity index is 1.13. The lowest BCUT2D eigenvalue weighted by molar-refractivity contribution is 0.666. The Kier molecular flexibility index (Phi) is 6.44. The van der Waals surface area contributed by atoms with Crippen molar-refractivity contribution in [3.8, 4) is 39.9 Å². The predicted molar refractivity (Wildman–Crippen MR) is 228 cm³/mol. The second-order valence-electron chi connectivity index (χ2n) is 13.9. The fraction of sp³-hybridized carbons (Fsp3) is 0. The third-order valence-electron chi connectivity index (χ3n) is 10.9. The van der Waals surface area contributed by atoms with Crippen LogP contribution in [0.1, 0.15) is 0 Å². The smallest absolute Gasteiger partial charge is 0.165 e.